The monoisotopic (exact) mass is 252 g/mol. The van der Waals surface area contributed by atoms with Gasteiger partial charge in [0.1, 0.15) is 0 Å². The van der Waals surface area contributed by atoms with Gasteiger partial charge in [0.05, 0.1) is 6.42 Å². The summed E-state index contributed by atoms with van der Waals surface area (Å²) >= 11 is 0. The van der Waals surface area contributed by atoms with Crippen LogP contribution in [-0.4, -0.2) is 33.9 Å². The summed E-state index contributed by atoms with van der Waals surface area (Å²) in [7, 11) is -6.35. The fourth-order valence-electron chi connectivity index (χ4n) is 1.08. The number of rotatable bonds is 3. The van der Waals surface area contributed by atoms with Crippen molar-refractivity contribution in [1.82, 2.24) is 0 Å². The molecule has 0 radical (unpaired) electrons. The van der Waals surface area contributed by atoms with E-state index in [0.717, 1.165) is 0 Å². The van der Waals surface area contributed by atoms with Gasteiger partial charge in [-0.2, -0.15) is 8.42 Å². The van der Waals surface area contributed by atoms with Crippen LogP contribution in [-0.2, 0) is 28.3 Å². The van der Waals surface area contributed by atoms with Gasteiger partial charge < -0.3 is 8.61 Å². The van der Waals surface area contributed by atoms with Crippen LogP contribution in [0.5, 0.6) is 0 Å². The summed E-state index contributed by atoms with van der Waals surface area (Å²) < 4.78 is 32.2. The summed E-state index contributed by atoms with van der Waals surface area (Å²) in [6.45, 7) is 5.02. The molecule has 1 atom stereocenters. The van der Waals surface area contributed by atoms with Gasteiger partial charge in [-0.25, -0.2) is 0 Å². The van der Waals surface area contributed by atoms with E-state index >= 15 is 0 Å². The van der Waals surface area contributed by atoms with Crippen LogP contribution in [0, 0.1) is 0 Å². The number of cyclic esters (lactones) is 2. The summed E-state index contributed by atoms with van der Waals surface area (Å²) in [5, 5.41) is -1.49. The molecular formula is C7H12O6SSi. The Morgan fingerprint density at radius 2 is 1.87 bits per heavy atom. The zero-order valence-electron chi connectivity index (χ0n) is 8.64. The fraction of sp³-hybridized carbons (Fsp3) is 0.714. The molecular weight excluding hydrogens is 240 g/mol. The Morgan fingerprint density at radius 3 is 2.20 bits per heavy atom. The molecule has 1 aliphatic rings. The average molecular weight is 252 g/mol. The maximum absolute atomic E-state index is 11.6. The van der Waals surface area contributed by atoms with Crippen LogP contribution in [0.4, 0.5) is 0 Å². The molecule has 0 N–H and O–H groups in total. The van der Waals surface area contributed by atoms with Gasteiger partial charge in [0, 0.05) is 0 Å². The molecule has 0 aromatic heterocycles. The van der Waals surface area contributed by atoms with E-state index in [0.29, 0.717) is 0 Å². The van der Waals surface area contributed by atoms with Crippen molar-refractivity contribution < 1.29 is 26.6 Å². The highest BCUT2D eigenvalue weighted by Crippen LogP contribution is 2.21. The molecule has 1 rings (SSSR count). The third-order valence-electron chi connectivity index (χ3n) is 1.54. The Hall–Kier alpha value is -0.733. The highest BCUT2D eigenvalue weighted by molar-refractivity contribution is 7.89. The van der Waals surface area contributed by atoms with Crippen molar-refractivity contribution in [3.63, 3.8) is 0 Å². The molecule has 1 fully saturated rings. The van der Waals surface area contributed by atoms with Gasteiger partial charge in [0.15, 0.2) is 5.25 Å². The lowest BCUT2D eigenvalue weighted by Crippen LogP contribution is -2.37. The van der Waals surface area contributed by atoms with Crippen LogP contribution in [0.25, 0.3) is 0 Å². The van der Waals surface area contributed by atoms with Crippen molar-refractivity contribution in [2.75, 3.05) is 0 Å². The Balaban J connectivity index is 2.88. The van der Waals surface area contributed by atoms with Gasteiger partial charge in [0.2, 0.25) is 8.32 Å². The van der Waals surface area contributed by atoms with Crippen molar-refractivity contribution in [3.8, 4) is 0 Å². The Labute approximate surface area is 88.8 Å². The van der Waals surface area contributed by atoms with Crippen LogP contribution in [0.1, 0.15) is 6.42 Å². The van der Waals surface area contributed by atoms with Crippen LogP contribution < -0.4 is 0 Å². The molecule has 86 valence electrons. The molecule has 1 unspecified atom stereocenters. The second-order valence-electron chi connectivity index (χ2n) is 4.17. The van der Waals surface area contributed by atoms with Crippen LogP contribution >= 0.6 is 0 Å². The van der Waals surface area contributed by atoms with E-state index in [1.165, 1.54) is 0 Å². The number of esters is 2. The molecule has 0 aliphatic carbocycles. The molecule has 1 heterocycles. The van der Waals surface area contributed by atoms with Crippen molar-refractivity contribution in [2.45, 2.75) is 31.3 Å². The molecule has 1 aliphatic heterocycles. The lowest BCUT2D eigenvalue weighted by atomic mass is 10.4. The molecule has 0 amide bonds. The van der Waals surface area contributed by atoms with E-state index in [2.05, 4.69) is 4.74 Å². The molecule has 0 aromatic carbocycles. The summed E-state index contributed by atoms with van der Waals surface area (Å²) in [6, 6.07) is 0. The van der Waals surface area contributed by atoms with Gasteiger partial charge in [-0.3, -0.25) is 9.59 Å². The normalized spacial score (nSPS) is 23.0. The minimum absolute atomic E-state index is 0.453. The van der Waals surface area contributed by atoms with E-state index in [9.17, 15) is 18.0 Å². The van der Waals surface area contributed by atoms with E-state index in [-0.39, 0.29) is 0 Å². The van der Waals surface area contributed by atoms with Crippen LogP contribution in [0.3, 0.4) is 0 Å². The minimum atomic E-state index is -4.03. The summed E-state index contributed by atoms with van der Waals surface area (Å²) in [4.78, 5) is 21.8. The maximum Gasteiger partial charge on any atom is 0.335 e. The molecule has 0 bridgehead atoms. The zero-order chi connectivity index (χ0) is 11.9. The smallest absolute Gasteiger partial charge is 0.335 e. The molecule has 15 heavy (non-hydrogen) atoms. The molecule has 6 nitrogen and oxygen atoms in total. The highest BCUT2D eigenvalue weighted by atomic mass is 32.2. The van der Waals surface area contributed by atoms with E-state index in [4.69, 9.17) is 3.87 Å². The second kappa shape index (κ2) is 3.69. The Bertz CT molecular complexity index is 392. The van der Waals surface area contributed by atoms with Crippen molar-refractivity contribution in [2.24, 2.45) is 0 Å². The van der Waals surface area contributed by atoms with E-state index in [1.54, 1.807) is 19.6 Å². The number of hydrogen-bond acceptors (Lipinski definition) is 6. The van der Waals surface area contributed by atoms with Gasteiger partial charge in [-0.15, -0.1) is 0 Å². The van der Waals surface area contributed by atoms with Gasteiger partial charge in [0.25, 0.3) is 10.1 Å². The summed E-state index contributed by atoms with van der Waals surface area (Å²) in [5.41, 5.74) is 0. The predicted octanol–water partition coefficient (Wildman–Crippen LogP) is 0.00980. The topological polar surface area (TPSA) is 86.7 Å². The Morgan fingerprint density at radius 1 is 1.33 bits per heavy atom. The lowest BCUT2D eigenvalue weighted by molar-refractivity contribution is -0.151. The molecule has 1 saturated heterocycles. The van der Waals surface area contributed by atoms with Crippen LogP contribution in [0.15, 0.2) is 0 Å². The van der Waals surface area contributed by atoms with Crippen molar-refractivity contribution in [1.29, 1.82) is 0 Å². The Kier molecular flexibility index (Phi) is 3.03. The van der Waals surface area contributed by atoms with Gasteiger partial charge >= 0.3 is 11.9 Å². The van der Waals surface area contributed by atoms with Gasteiger partial charge in [-0.05, 0) is 19.6 Å². The minimum Gasteiger partial charge on any atom is -0.392 e. The van der Waals surface area contributed by atoms with Crippen LogP contribution in [0.2, 0.25) is 19.6 Å². The van der Waals surface area contributed by atoms with Crippen molar-refractivity contribution in [3.05, 3.63) is 0 Å². The summed E-state index contributed by atoms with van der Waals surface area (Å²) in [6.07, 6.45) is -0.453. The van der Waals surface area contributed by atoms with Gasteiger partial charge in [-0.1, -0.05) is 0 Å². The fourth-order valence-corrected chi connectivity index (χ4v) is 4.96. The standard InChI is InChI=1S/C7H12O6SSi/c1-15(2,3)13-14(10,11)5-4-6(8)12-7(5)9/h5H,4H2,1-3H3. The number of ether oxygens (including phenoxy) is 1. The molecule has 0 spiro atoms. The molecule has 0 saturated carbocycles. The first kappa shape index (κ1) is 12.3. The highest BCUT2D eigenvalue weighted by Gasteiger charge is 2.45. The van der Waals surface area contributed by atoms with Crippen molar-refractivity contribution >= 4 is 30.4 Å². The number of hydrogen-bond donors (Lipinski definition) is 0. The average Bonchev–Trinajstić information content (AvgIpc) is 2.24. The number of carbonyl (C=O) groups excluding carboxylic acids is 2. The third kappa shape index (κ3) is 3.11. The third-order valence-corrected chi connectivity index (χ3v) is 5.53. The second-order valence-corrected chi connectivity index (χ2v) is 10.6. The summed E-state index contributed by atoms with van der Waals surface area (Å²) in [5.74, 6) is -1.87. The first-order valence-electron chi connectivity index (χ1n) is 4.31. The SMILES string of the molecule is C[Si](C)(C)OS(=O)(=O)C1CC(=O)OC1=O. The first-order chi connectivity index (χ1) is 6.62. The first-order valence-corrected chi connectivity index (χ1v) is 9.19. The quantitative estimate of drug-likeness (QED) is 0.399. The van der Waals surface area contributed by atoms with E-state index in [1.807, 2.05) is 0 Å². The lowest BCUT2D eigenvalue weighted by Gasteiger charge is -2.18. The molecule has 0 aromatic rings. The number of carbonyl (C=O) groups is 2. The molecule has 8 heteroatoms. The predicted molar refractivity (Wildman–Crippen MR) is 52.9 cm³/mol. The maximum atomic E-state index is 11.6. The van der Waals surface area contributed by atoms with E-state index < -0.39 is 42.0 Å². The zero-order valence-corrected chi connectivity index (χ0v) is 10.5. The largest absolute Gasteiger partial charge is 0.392 e.